The Morgan fingerprint density at radius 3 is 2.96 bits per heavy atom. The van der Waals surface area contributed by atoms with Crippen molar-refractivity contribution in [3.05, 3.63) is 11.6 Å². The van der Waals surface area contributed by atoms with Crippen molar-refractivity contribution in [2.45, 2.75) is 38.0 Å². The molecular formula is C15H28N6OS. The van der Waals surface area contributed by atoms with Crippen molar-refractivity contribution in [3.63, 3.8) is 0 Å². The van der Waals surface area contributed by atoms with Crippen molar-refractivity contribution in [1.82, 2.24) is 25.4 Å². The fourth-order valence-corrected chi connectivity index (χ4v) is 3.55. The van der Waals surface area contributed by atoms with E-state index in [0.717, 1.165) is 43.7 Å². The van der Waals surface area contributed by atoms with Crippen LogP contribution in [0.25, 0.3) is 0 Å². The summed E-state index contributed by atoms with van der Waals surface area (Å²) < 4.78 is 7.06. The summed E-state index contributed by atoms with van der Waals surface area (Å²) in [6, 6.07) is 0. The second-order valence-electron chi connectivity index (χ2n) is 5.68. The maximum atomic E-state index is 5.09. The van der Waals surface area contributed by atoms with E-state index < -0.39 is 0 Å². The quantitative estimate of drug-likeness (QED) is 0.419. The first-order valence-corrected chi connectivity index (χ1v) is 9.23. The number of nitrogens with one attached hydrogen (secondary N) is 2. The Labute approximate surface area is 142 Å². The van der Waals surface area contributed by atoms with Gasteiger partial charge >= 0.3 is 0 Å². The fourth-order valence-electron chi connectivity index (χ4n) is 2.35. The van der Waals surface area contributed by atoms with Crippen LogP contribution in [-0.2, 0) is 18.3 Å². The van der Waals surface area contributed by atoms with Crippen LogP contribution in [0.1, 0.15) is 30.9 Å². The molecule has 130 valence electrons. The van der Waals surface area contributed by atoms with E-state index in [0.29, 0.717) is 11.8 Å². The molecule has 1 aromatic rings. The molecule has 0 spiro atoms. The fraction of sp³-hybridized carbons (Fsp3) is 0.800. The van der Waals surface area contributed by atoms with Gasteiger partial charge < -0.3 is 19.9 Å². The molecule has 7 nitrogen and oxygen atoms in total. The number of ether oxygens (including phenoxy) is 1. The molecule has 1 aromatic heterocycles. The molecule has 0 aliphatic carbocycles. The topological polar surface area (TPSA) is 76.4 Å². The zero-order valence-corrected chi connectivity index (χ0v) is 15.2. The first kappa shape index (κ1) is 18.1. The second-order valence-corrected chi connectivity index (χ2v) is 7.08. The Morgan fingerprint density at radius 2 is 2.30 bits per heavy atom. The predicted molar refractivity (Wildman–Crippen MR) is 94.9 cm³/mol. The number of thioether (sulfide) groups is 1. The van der Waals surface area contributed by atoms with Crippen LogP contribution in [0.15, 0.2) is 4.99 Å². The Kier molecular flexibility index (Phi) is 7.67. The standard InChI is InChI=1S/C15H28N6OS/c1-12-19-20-14(21(12)2)11-18-15(16-7-5-8-22-3)17-10-13-6-4-9-23-13/h13H,4-11H2,1-3H3,(H2,16,17,18). The Bertz CT molecular complexity index is 498. The van der Waals surface area contributed by atoms with E-state index in [2.05, 4.69) is 25.8 Å². The molecule has 2 N–H and O–H groups in total. The summed E-state index contributed by atoms with van der Waals surface area (Å²) in [4.78, 5) is 4.65. The van der Waals surface area contributed by atoms with Gasteiger partial charge in [0.2, 0.25) is 0 Å². The van der Waals surface area contributed by atoms with Crippen LogP contribution in [0.4, 0.5) is 0 Å². The van der Waals surface area contributed by atoms with Crippen LogP contribution < -0.4 is 10.6 Å². The maximum Gasteiger partial charge on any atom is 0.191 e. The van der Waals surface area contributed by atoms with Gasteiger partial charge in [-0.1, -0.05) is 0 Å². The SMILES string of the molecule is COCCCNC(=NCc1nnc(C)n1C)NCC1CCCS1. The van der Waals surface area contributed by atoms with Crippen molar-refractivity contribution in [1.29, 1.82) is 0 Å². The van der Waals surface area contributed by atoms with Gasteiger partial charge in [0, 0.05) is 39.1 Å². The smallest absolute Gasteiger partial charge is 0.191 e. The summed E-state index contributed by atoms with van der Waals surface area (Å²) in [5, 5.41) is 15.7. The van der Waals surface area contributed by atoms with Gasteiger partial charge in [-0.15, -0.1) is 10.2 Å². The number of aliphatic imine (C=N–C) groups is 1. The summed E-state index contributed by atoms with van der Waals surface area (Å²) in [7, 11) is 3.69. The largest absolute Gasteiger partial charge is 0.385 e. The van der Waals surface area contributed by atoms with Gasteiger partial charge in [-0.25, -0.2) is 4.99 Å². The minimum atomic E-state index is 0.523. The molecule has 23 heavy (non-hydrogen) atoms. The predicted octanol–water partition coefficient (Wildman–Crippen LogP) is 1.09. The molecule has 0 saturated carbocycles. The van der Waals surface area contributed by atoms with Gasteiger partial charge in [0.25, 0.3) is 0 Å². The molecule has 1 unspecified atom stereocenters. The molecule has 1 atom stereocenters. The zero-order chi connectivity index (χ0) is 16.5. The molecule has 8 heteroatoms. The zero-order valence-electron chi connectivity index (χ0n) is 14.3. The van der Waals surface area contributed by atoms with Gasteiger partial charge in [-0.05, 0) is 31.9 Å². The number of methoxy groups -OCH3 is 1. The van der Waals surface area contributed by atoms with Gasteiger partial charge in [0.05, 0.1) is 0 Å². The molecule has 1 aliphatic heterocycles. The van der Waals surface area contributed by atoms with E-state index in [-0.39, 0.29) is 0 Å². The number of hydrogen-bond acceptors (Lipinski definition) is 5. The molecule has 1 aliphatic rings. The second kappa shape index (κ2) is 9.77. The Morgan fingerprint density at radius 1 is 1.43 bits per heavy atom. The number of aromatic nitrogens is 3. The lowest BCUT2D eigenvalue weighted by Gasteiger charge is -2.15. The molecule has 2 heterocycles. The highest BCUT2D eigenvalue weighted by atomic mass is 32.2. The minimum absolute atomic E-state index is 0.523. The van der Waals surface area contributed by atoms with Gasteiger partial charge in [-0.2, -0.15) is 11.8 Å². The Balaban J connectivity index is 1.87. The summed E-state index contributed by atoms with van der Waals surface area (Å²) in [6.45, 7) is 5.02. The Hall–Kier alpha value is -1.28. The molecule has 0 aromatic carbocycles. The highest BCUT2D eigenvalue weighted by molar-refractivity contribution is 8.00. The van der Waals surface area contributed by atoms with E-state index in [1.165, 1.54) is 18.6 Å². The molecule has 0 bridgehead atoms. The lowest BCUT2D eigenvalue weighted by Crippen LogP contribution is -2.41. The maximum absolute atomic E-state index is 5.09. The van der Waals surface area contributed by atoms with Gasteiger partial charge in [0.1, 0.15) is 12.4 Å². The summed E-state index contributed by atoms with van der Waals surface area (Å²) in [6.07, 6.45) is 3.57. The molecular weight excluding hydrogens is 312 g/mol. The minimum Gasteiger partial charge on any atom is -0.385 e. The average Bonchev–Trinajstić information content (AvgIpc) is 3.18. The summed E-state index contributed by atoms with van der Waals surface area (Å²) in [5.41, 5.74) is 0. The van der Waals surface area contributed by atoms with Crippen molar-refractivity contribution in [2.75, 3.05) is 32.6 Å². The van der Waals surface area contributed by atoms with Gasteiger partial charge in [-0.3, -0.25) is 0 Å². The third kappa shape index (κ3) is 6.02. The van der Waals surface area contributed by atoms with Crippen LogP contribution in [0, 0.1) is 6.92 Å². The monoisotopic (exact) mass is 340 g/mol. The normalized spacial score (nSPS) is 18.4. The van der Waals surface area contributed by atoms with Crippen molar-refractivity contribution in [3.8, 4) is 0 Å². The first-order chi connectivity index (χ1) is 11.2. The van der Waals surface area contributed by atoms with E-state index in [1.54, 1.807) is 7.11 Å². The van der Waals surface area contributed by atoms with Crippen molar-refractivity contribution in [2.24, 2.45) is 12.0 Å². The van der Waals surface area contributed by atoms with Crippen LogP contribution in [-0.4, -0.2) is 58.5 Å². The highest BCUT2D eigenvalue weighted by Crippen LogP contribution is 2.25. The summed E-state index contributed by atoms with van der Waals surface area (Å²) in [5.74, 6) is 3.89. The molecule has 0 radical (unpaired) electrons. The number of hydrogen-bond donors (Lipinski definition) is 2. The van der Waals surface area contributed by atoms with E-state index in [1.807, 2.05) is 30.3 Å². The molecule has 0 amide bonds. The van der Waals surface area contributed by atoms with Crippen molar-refractivity contribution >= 4 is 17.7 Å². The van der Waals surface area contributed by atoms with Crippen molar-refractivity contribution < 1.29 is 4.74 Å². The van der Waals surface area contributed by atoms with E-state index in [9.17, 15) is 0 Å². The number of guanidine groups is 1. The van der Waals surface area contributed by atoms with Crippen LogP contribution >= 0.6 is 11.8 Å². The average molecular weight is 340 g/mol. The molecule has 1 saturated heterocycles. The van der Waals surface area contributed by atoms with E-state index in [4.69, 9.17) is 4.74 Å². The highest BCUT2D eigenvalue weighted by Gasteiger charge is 2.15. The van der Waals surface area contributed by atoms with Gasteiger partial charge in [0.15, 0.2) is 11.8 Å². The van der Waals surface area contributed by atoms with Crippen LogP contribution in [0.3, 0.4) is 0 Å². The lowest BCUT2D eigenvalue weighted by molar-refractivity contribution is 0.195. The number of nitrogens with zero attached hydrogens (tertiary/aromatic N) is 4. The van der Waals surface area contributed by atoms with Crippen LogP contribution in [0.2, 0.25) is 0 Å². The molecule has 1 fully saturated rings. The van der Waals surface area contributed by atoms with E-state index >= 15 is 0 Å². The van der Waals surface area contributed by atoms with Crippen LogP contribution in [0.5, 0.6) is 0 Å². The first-order valence-electron chi connectivity index (χ1n) is 8.18. The third-order valence-corrected chi connectivity index (χ3v) is 5.30. The third-order valence-electron chi connectivity index (χ3n) is 3.90. The number of rotatable bonds is 8. The number of aryl methyl sites for hydroxylation is 1. The summed E-state index contributed by atoms with van der Waals surface area (Å²) >= 11 is 2.04. The molecule has 2 rings (SSSR count). The lowest BCUT2D eigenvalue weighted by atomic mass is 10.2.